The molecule has 30 heavy (non-hydrogen) atoms. The number of carbonyl (C=O) groups excluding carboxylic acids is 3. The number of amides is 2. The summed E-state index contributed by atoms with van der Waals surface area (Å²) in [6.07, 6.45) is 2.40. The Kier molecular flexibility index (Phi) is 9.53. The van der Waals surface area contributed by atoms with Crippen molar-refractivity contribution in [3.8, 4) is 5.75 Å². The van der Waals surface area contributed by atoms with Crippen LogP contribution in [-0.4, -0.2) is 60.1 Å². The summed E-state index contributed by atoms with van der Waals surface area (Å²) in [5.74, 6) is -0.594. The maximum atomic E-state index is 12.6. The maximum Gasteiger partial charge on any atom is 0.308 e. The number of thiocarbonyl (C=S) groups is 1. The lowest BCUT2D eigenvalue weighted by Gasteiger charge is -2.36. The molecule has 1 heterocycles. The number of benzene rings is 1. The van der Waals surface area contributed by atoms with Gasteiger partial charge in [0.2, 0.25) is 5.91 Å². The van der Waals surface area contributed by atoms with E-state index in [4.69, 9.17) is 21.7 Å². The number of rotatable bonds is 9. The predicted molar refractivity (Wildman–Crippen MR) is 116 cm³/mol. The van der Waals surface area contributed by atoms with Gasteiger partial charge in [0.1, 0.15) is 11.8 Å². The number of nitrogens with one attached hydrogen (secondary N) is 2. The summed E-state index contributed by atoms with van der Waals surface area (Å²) in [7, 11) is 0. The number of carbonyl (C=O) groups is 3. The van der Waals surface area contributed by atoms with E-state index in [1.54, 1.807) is 29.2 Å². The summed E-state index contributed by atoms with van der Waals surface area (Å²) in [5.41, 5.74) is 0.392. The molecule has 0 saturated carbocycles. The Morgan fingerprint density at radius 1 is 1.27 bits per heavy atom. The zero-order valence-corrected chi connectivity index (χ0v) is 18.3. The Balaban J connectivity index is 2.01. The first-order chi connectivity index (χ1) is 14.5. The van der Waals surface area contributed by atoms with Crippen LogP contribution in [0.15, 0.2) is 24.3 Å². The van der Waals surface area contributed by atoms with Crippen molar-refractivity contribution in [3.05, 3.63) is 29.8 Å². The third-order valence-electron chi connectivity index (χ3n) is 4.50. The third kappa shape index (κ3) is 6.98. The standard InChI is InChI=1S/C21H29N3O5S/c1-3-5-12-29-18(25)14-17-20(27)22-9-10-24(17)21(30)23-19(26)15-7-6-8-16(13-15)28-11-4-2/h6-8,13,17H,3-5,9-12,14H2,1-2H3,(H,22,27)(H,23,26,30). The number of hydrogen-bond acceptors (Lipinski definition) is 6. The van der Waals surface area contributed by atoms with E-state index < -0.39 is 17.9 Å². The second kappa shape index (κ2) is 12.1. The molecule has 1 aliphatic rings. The number of hydrogen-bond donors (Lipinski definition) is 2. The van der Waals surface area contributed by atoms with E-state index in [2.05, 4.69) is 10.6 Å². The SMILES string of the molecule is CCCCOC(=O)CC1C(=O)NCCN1C(=S)NC(=O)c1cccc(OCCC)c1. The monoisotopic (exact) mass is 435 g/mol. The molecule has 2 rings (SSSR count). The van der Waals surface area contributed by atoms with E-state index in [1.807, 2.05) is 13.8 Å². The van der Waals surface area contributed by atoms with Gasteiger partial charge in [0.25, 0.3) is 5.91 Å². The summed E-state index contributed by atoms with van der Waals surface area (Å²) in [6, 6.07) is 5.98. The third-order valence-corrected chi connectivity index (χ3v) is 4.84. The van der Waals surface area contributed by atoms with E-state index >= 15 is 0 Å². The molecule has 1 fully saturated rings. The molecule has 2 N–H and O–H groups in total. The average Bonchev–Trinajstić information content (AvgIpc) is 2.74. The molecule has 164 valence electrons. The molecule has 8 nitrogen and oxygen atoms in total. The number of ether oxygens (including phenoxy) is 2. The molecule has 0 bridgehead atoms. The van der Waals surface area contributed by atoms with Crippen LogP contribution in [0.5, 0.6) is 5.75 Å². The molecule has 1 atom stereocenters. The molecule has 0 aromatic heterocycles. The minimum Gasteiger partial charge on any atom is -0.494 e. The fourth-order valence-corrected chi connectivity index (χ4v) is 3.21. The maximum absolute atomic E-state index is 12.6. The van der Waals surface area contributed by atoms with E-state index in [-0.39, 0.29) is 17.4 Å². The van der Waals surface area contributed by atoms with Gasteiger partial charge in [-0.15, -0.1) is 0 Å². The molecule has 0 radical (unpaired) electrons. The molecule has 9 heteroatoms. The van der Waals surface area contributed by atoms with Gasteiger partial charge < -0.3 is 19.7 Å². The quantitative estimate of drug-likeness (QED) is 0.348. The van der Waals surface area contributed by atoms with E-state index in [0.29, 0.717) is 37.6 Å². The fourth-order valence-electron chi connectivity index (χ4n) is 2.90. The van der Waals surface area contributed by atoms with Crippen molar-refractivity contribution in [2.45, 2.75) is 45.6 Å². The van der Waals surface area contributed by atoms with Gasteiger partial charge in [-0.05, 0) is 43.3 Å². The lowest BCUT2D eigenvalue weighted by molar-refractivity contribution is -0.147. The highest BCUT2D eigenvalue weighted by Crippen LogP contribution is 2.15. The van der Waals surface area contributed by atoms with Crippen LogP contribution in [-0.2, 0) is 14.3 Å². The minimum atomic E-state index is -0.820. The summed E-state index contributed by atoms with van der Waals surface area (Å²) in [4.78, 5) is 38.6. The number of nitrogens with zero attached hydrogens (tertiary/aromatic N) is 1. The van der Waals surface area contributed by atoms with Crippen LogP contribution in [0.2, 0.25) is 0 Å². The van der Waals surface area contributed by atoms with E-state index in [0.717, 1.165) is 19.3 Å². The van der Waals surface area contributed by atoms with Crippen molar-refractivity contribution in [2.75, 3.05) is 26.3 Å². The topological polar surface area (TPSA) is 97.0 Å². The molecule has 2 amide bonds. The van der Waals surface area contributed by atoms with E-state index in [1.165, 1.54) is 0 Å². The van der Waals surface area contributed by atoms with Gasteiger partial charge in [-0.25, -0.2) is 0 Å². The Hall–Kier alpha value is -2.68. The summed E-state index contributed by atoms with van der Waals surface area (Å²) < 4.78 is 10.7. The molecule has 0 aliphatic carbocycles. The van der Waals surface area contributed by atoms with Gasteiger partial charge in [-0.3, -0.25) is 19.7 Å². The van der Waals surface area contributed by atoms with Crippen molar-refractivity contribution in [1.29, 1.82) is 0 Å². The highest BCUT2D eigenvalue weighted by molar-refractivity contribution is 7.80. The van der Waals surface area contributed by atoms with Crippen molar-refractivity contribution < 1.29 is 23.9 Å². The first-order valence-electron chi connectivity index (χ1n) is 10.2. The van der Waals surface area contributed by atoms with Gasteiger partial charge in [0.05, 0.1) is 19.6 Å². The number of piperazine rings is 1. The number of unbranched alkanes of at least 4 members (excludes halogenated alkanes) is 1. The molecule has 1 aliphatic heterocycles. The van der Waals surface area contributed by atoms with Crippen LogP contribution in [0.1, 0.15) is 49.9 Å². The zero-order valence-electron chi connectivity index (χ0n) is 17.4. The Morgan fingerprint density at radius 3 is 2.80 bits per heavy atom. The normalized spacial score (nSPS) is 15.9. The highest BCUT2D eigenvalue weighted by atomic mass is 32.1. The second-order valence-corrected chi connectivity index (χ2v) is 7.30. The summed E-state index contributed by atoms with van der Waals surface area (Å²) in [6.45, 7) is 5.63. The molecule has 1 saturated heterocycles. The predicted octanol–water partition coefficient (Wildman–Crippen LogP) is 2.02. The van der Waals surface area contributed by atoms with Crippen LogP contribution in [0.25, 0.3) is 0 Å². The number of esters is 1. The molecule has 0 spiro atoms. The summed E-state index contributed by atoms with van der Waals surface area (Å²) in [5, 5.41) is 5.48. The van der Waals surface area contributed by atoms with Crippen LogP contribution in [0.4, 0.5) is 0 Å². The first-order valence-corrected chi connectivity index (χ1v) is 10.6. The summed E-state index contributed by atoms with van der Waals surface area (Å²) >= 11 is 5.37. The van der Waals surface area contributed by atoms with Crippen LogP contribution in [0.3, 0.4) is 0 Å². The highest BCUT2D eigenvalue weighted by Gasteiger charge is 2.34. The van der Waals surface area contributed by atoms with Crippen molar-refractivity contribution >= 4 is 35.1 Å². The van der Waals surface area contributed by atoms with Crippen molar-refractivity contribution in [3.63, 3.8) is 0 Å². The Morgan fingerprint density at radius 2 is 2.07 bits per heavy atom. The lowest BCUT2D eigenvalue weighted by Crippen LogP contribution is -2.60. The van der Waals surface area contributed by atoms with Crippen molar-refractivity contribution in [2.24, 2.45) is 0 Å². The zero-order chi connectivity index (χ0) is 21.9. The average molecular weight is 436 g/mol. The van der Waals surface area contributed by atoms with Gasteiger partial charge in [-0.2, -0.15) is 0 Å². The molecular formula is C21H29N3O5S. The van der Waals surface area contributed by atoms with Gasteiger partial charge in [0.15, 0.2) is 5.11 Å². The van der Waals surface area contributed by atoms with Gasteiger partial charge in [-0.1, -0.05) is 26.3 Å². The molecule has 1 aromatic carbocycles. The molecule has 1 unspecified atom stereocenters. The molecule has 1 aromatic rings. The van der Waals surface area contributed by atoms with Gasteiger partial charge in [0, 0.05) is 18.7 Å². The minimum absolute atomic E-state index is 0.0982. The van der Waals surface area contributed by atoms with E-state index in [9.17, 15) is 14.4 Å². The Labute approximate surface area is 182 Å². The fraction of sp³-hybridized carbons (Fsp3) is 0.524. The largest absolute Gasteiger partial charge is 0.494 e. The van der Waals surface area contributed by atoms with Crippen LogP contribution in [0, 0.1) is 0 Å². The smallest absolute Gasteiger partial charge is 0.308 e. The van der Waals surface area contributed by atoms with Crippen molar-refractivity contribution in [1.82, 2.24) is 15.5 Å². The Bertz CT molecular complexity index is 771. The first kappa shape index (κ1) is 23.6. The molecular weight excluding hydrogens is 406 g/mol. The van der Waals surface area contributed by atoms with Gasteiger partial charge >= 0.3 is 5.97 Å². The van der Waals surface area contributed by atoms with Crippen LogP contribution >= 0.6 is 12.2 Å². The lowest BCUT2D eigenvalue weighted by atomic mass is 10.1. The van der Waals surface area contributed by atoms with Crippen LogP contribution < -0.4 is 15.4 Å². The second-order valence-electron chi connectivity index (χ2n) is 6.91.